The third-order valence-electron chi connectivity index (χ3n) is 3.05. The van der Waals surface area contributed by atoms with Gasteiger partial charge in [0.15, 0.2) is 0 Å². The number of hydrogen-bond donors (Lipinski definition) is 1. The molecule has 1 aromatic heterocycles. The summed E-state index contributed by atoms with van der Waals surface area (Å²) >= 11 is 0. The van der Waals surface area contributed by atoms with Crippen molar-refractivity contribution in [1.82, 2.24) is 0 Å². The normalized spacial score (nSPS) is 15.2. The molecule has 2 nitrogen and oxygen atoms in total. The molecular formula is C13H23NO. The fourth-order valence-electron chi connectivity index (χ4n) is 1.97. The second kappa shape index (κ2) is 5.96. The van der Waals surface area contributed by atoms with Crippen LogP contribution < -0.4 is 5.73 Å². The van der Waals surface area contributed by atoms with Crippen molar-refractivity contribution in [2.45, 2.75) is 52.5 Å². The van der Waals surface area contributed by atoms with Crippen LogP contribution in [0.15, 0.2) is 16.5 Å². The molecule has 86 valence electrons. The van der Waals surface area contributed by atoms with Gasteiger partial charge in [-0.3, -0.25) is 0 Å². The molecule has 0 aliphatic rings. The van der Waals surface area contributed by atoms with E-state index in [2.05, 4.69) is 13.8 Å². The SMILES string of the molecule is CCCCC(CC)C(N)c1ccc(C)o1. The first-order valence-electron chi connectivity index (χ1n) is 6.00. The third kappa shape index (κ3) is 3.38. The maximum Gasteiger partial charge on any atom is 0.121 e. The Kier molecular flexibility index (Phi) is 4.89. The summed E-state index contributed by atoms with van der Waals surface area (Å²) in [4.78, 5) is 0. The highest BCUT2D eigenvalue weighted by atomic mass is 16.3. The first-order chi connectivity index (χ1) is 7.19. The summed E-state index contributed by atoms with van der Waals surface area (Å²) in [5, 5.41) is 0. The van der Waals surface area contributed by atoms with E-state index in [0.29, 0.717) is 5.92 Å². The first kappa shape index (κ1) is 12.3. The number of aryl methyl sites for hydroxylation is 1. The fourth-order valence-corrected chi connectivity index (χ4v) is 1.97. The minimum absolute atomic E-state index is 0.0650. The second-order valence-corrected chi connectivity index (χ2v) is 4.28. The first-order valence-corrected chi connectivity index (χ1v) is 6.00. The summed E-state index contributed by atoms with van der Waals surface area (Å²) in [6, 6.07) is 4.06. The molecule has 0 spiro atoms. The van der Waals surface area contributed by atoms with Crippen molar-refractivity contribution in [3.8, 4) is 0 Å². The van der Waals surface area contributed by atoms with E-state index < -0.39 is 0 Å². The van der Waals surface area contributed by atoms with Crippen molar-refractivity contribution in [1.29, 1.82) is 0 Å². The zero-order valence-electron chi connectivity index (χ0n) is 10.1. The number of hydrogen-bond acceptors (Lipinski definition) is 2. The van der Waals surface area contributed by atoms with Crippen molar-refractivity contribution in [3.63, 3.8) is 0 Å². The van der Waals surface area contributed by atoms with Crippen LogP contribution in [-0.2, 0) is 0 Å². The van der Waals surface area contributed by atoms with Gasteiger partial charge in [0.2, 0.25) is 0 Å². The summed E-state index contributed by atoms with van der Waals surface area (Å²) < 4.78 is 5.58. The molecule has 0 saturated heterocycles. The van der Waals surface area contributed by atoms with Crippen LogP contribution in [0, 0.1) is 12.8 Å². The van der Waals surface area contributed by atoms with Gasteiger partial charge in [-0.15, -0.1) is 0 Å². The molecule has 0 aliphatic heterocycles. The van der Waals surface area contributed by atoms with Gasteiger partial charge in [0, 0.05) is 0 Å². The van der Waals surface area contributed by atoms with Crippen LogP contribution in [0.25, 0.3) is 0 Å². The van der Waals surface area contributed by atoms with Crippen molar-refractivity contribution < 1.29 is 4.42 Å². The van der Waals surface area contributed by atoms with E-state index >= 15 is 0 Å². The van der Waals surface area contributed by atoms with E-state index in [0.717, 1.165) is 17.9 Å². The molecule has 2 atom stereocenters. The Balaban J connectivity index is 2.59. The maximum absolute atomic E-state index is 6.21. The summed E-state index contributed by atoms with van der Waals surface area (Å²) in [5.41, 5.74) is 6.21. The van der Waals surface area contributed by atoms with Gasteiger partial charge in [-0.05, 0) is 31.4 Å². The Morgan fingerprint density at radius 1 is 1.33 bits per heavy atom. The van der Waals surface area contributed by atoms with Gasteiger partial charge in [0.25, 0.3) is 0 Å². The largest absolute Gasteiger partial charge is 0.465 e. The third-order valence-corrected chi connectivity index (χ3v) is 3.05. The second-order valence-electron chi connectivity index (χ2n) is 4.28. The zero-order chi connectivity index (χ0) is 11.3. The molecule has 2 unspecified atom stereocenters. The molecule has 2 N–H and O–H groups in total. The summed E-state index contributed by atoms with van der Waals surface area (Å²) in [5.74, 6) is 2.44. The van der Waals surface area contributed by atoms with Crippen LogP contribution >= 0.6 is 0 Å². The van der Waals surface area contributed by atoms with Gasteiger partial charge in [-0.1, -0.05) is 33.1 Å². The average Bonchev–Trinajstić information content (AvgIpc) is 2.65. The lowest BCUT2D eigenvalue weighted by Gasteiger charge is -2.20. The predicted molar refractivity (Wildman–Crippen MR) is 63.7 cm³/mol. The van der Waals surface area contributed by atoms with Gasteiger partial charge in [-0.25, -0.2) is 0 Å². The molecule has 0 amide bonds. The smallest absolute Gasteiger partial charge is 0.121 e. The minimum Gasteiger partial charge on any atom is -0.465 e. The molecule has 0 aliphatic carbocycles. The number of unbranched alkanes of at least 4 members (excludes halogenated alkanes) is 1. The molecule has 0 radical (unpaired) electrons. The average molecular weight is 209 g/mol. The highest BCUT2D eigenvalue weighted by Gasteiger charge is 2.19. The van der Waals surface area contributed by atoms with Crippen molar-refractivity contribution in [3.05, 3.63) is 23.7 Å². The highest BCUT2D eigenvalue weighted by molar-refractivity contribution is 5.10. The molecule has 2 heteroatoms. The van der Waals surface area contributed by atoms with E-state index in [1.54, 1.807) is 0 Å². The summed E-state index contributed by atoms with van der Waals surface area (Å²) in [7, 11) is 0. The Morgan fingerprint density at radius 3 is 2.53 bits per heavy atom. The van der Waals surface area contributed by atoms with E-state index in [9.17, 15) is 0 Å². The van der Waals surface area contributed by atoms with Crippen LogP contribution in [0.3, 0.4) is 0 Å². The number of nitrogens with two attached hydrogens (primary N) is 1. The van der Waals surface area contributed by atoms with E-state index in [1.807, 2.05) is 19.1 Å². The highest BCUT2D eigenvalue weighted by Crippen LogP contribution is 2.27. The summed E-state index contributed by atoms with van der Waals surface area (Å²) in [6.45, 7) is 6.38. The standard InChI is InChI=1S/C13H23NO/c1-4-6-7-11(5-2)13(14)12-9-8-10(3)15-12/h8-9,11,13H,4-7,14H2,1-3H3. The number of rotatable bonds is 6. The Hall–Kier alpha value is -0.760. The van der Waals surface area contributed by atoms with Crippen LogP contribution in [0.2, 0.25) is 0 Å². The van der Waals surface area contributed by atoms with Gasteiger partial charge < -0.3 is 10.2 Å². The lowest BCUT2D eigenvalue weighted by atomic mass is 9.90. The maximum atomic E-state index is 6.21. The monoisotopic (exact) mass is 209 g/mol. The van der Waals surface area contributed by atoms with Crippen molar-refractivity contribution in [2.24, 2.45) is 11.7 Å². The lowest BCUT2D eigenvalue weighted by molar-refractivity contribution is 0.326. The van der Waals surface area contributed by atoms with Gasteiger partial charge in [0.1, 0.15) is 11.5 Å². The molecule has 0 fully saturated rings. The van der Waals surface area contributed by atoms with E-state index in [4.69, 9.17) is 10.2 Å². The molecule has 1 aromatic rings. The lowest BCUT2D eigenvalue weighted by Crippen LogP contribution is -2.20. The van der Waals surface area contributed by atoms with Crippen molar-refractivity contribution >= 4 is 0 Å². The minimum atomic E-state index is 0.0650. The van der Waals surface area contributed by atoms with Gasteiger partial charge in [-0.2, -0.15) is 0 Å². The van der Waals surface area contributed by atoms with E-state index in [-0.39, 0.29) is 6.04 Å². The molecule has 1 rings (SSSR count). The summed E-state index contributed by atoms with van der Waals surface area (Å²) in [6.07, 6.45) is 4.82. The van der Waals surface area contributed by atoms with Crippen LogP contribution in [0.4, 0.5) is 0 Å². The Labute approximate surface area is 92.9 Å². The molecule has 0 saturated carbocycles. The van der Waals surface area contributed by atoms with Crippen LogP contribution in [0.1, 0.15) is 57.1 Å². The van der Waals surface area contributed by atoms with Crippen LogP contribution in [-0.4, -0.2) is 0 Å². The molecular weight excluding hydrogens is 186 g/mol. The Bertz CT molecular complexity index is 280. The molecule has 15 heavy (non-hydrogen) atoms. The zero-order valence-corrected chi connectivity index (χ0v) is 10.1. The van der Waals surface area contributed by atoms with Crippen LogP contribution in [0.5, 0.6) is 0 Å². The molecule has 0 aromatic carbocycles. The molecule has 0 bridgehead atoms. The topological polar surface area (TPSA) is 39.2 Å². The van der Waals surface area contributed by atoms with E-state index in [1.165, 1.54) is 19.3 Å². The quantitative estimate of drug-likeness (QED) is 0.774. The van der Waals surface area contributed by atoms with Gasteiger partial charge in [0.05, 0.1) is 6.04 Å². The Morgan fingerprint density at radius 2 is 2.07 bits per heavy atom. The predicted octanol–water partition coefficient (Wildman–Crippen LogP) is 3.80. The fraction of sp³-hybridized carbons (Fsp3) is 0.692. The molecule has 1 heterocycles. The van der Waals surface area contributed by atoms with Gasteiger partial charge >= 0.3 is 0 Å². The number of furan rings is 1. The van der Waals surface area contributed by atoms with Crippen molar-refractivity contribution in [2.75, 3.05) is 0 Å².